The van der Waals surface area contributed by atoms with Crippen molar-refractivity contribution in [2.24, 2.45) is 4.99 Å². The molecule has 3 aromatic rings. The predicted molar refractivity (Wildman–Crippen MR) is 119 cm³/mol. The predicted octanol–water partition coefficient (Wildman–Crippen LogP) is 4.54. The topological polar surface area (TPSA) is 74.7 Å². The maximum Gasteiger partial charge on any atom is 0.244 e. The maximum absolute atomic E-state index is 13.1. The molecular formula is C23H19ClN4O2. The number of nitrogens with one attached hydrogen (secondary N) is 1. The number of benzene rings is 2. The quantitative estimate of drug-likeness (QED) is 0.675. The lowest BCUT2D eigenvalue weighted by molar-refractivity contribution is -0.120. The Morgan fingerprint density at radius 3 is 2.57 bits per heavy atom. The molecule has 6 nitrogen and oxygen atoms in total. The van der Waals surface area contributed by atoms with Crippen molar-refractivity contribution in [2.75, 3.05) is 16.8 Å². The molecule has 0 bridgehead atoms. The SMILES string of the molecule is Cc1ccc(NC(=O)CN2C(=O)CC(c3ccc(Cl)cc3)=Nc3cccnc32)cc1. The third-order valence-corrected chi connectivity index (χ3v) is 4.96. The van der Waals surface area contributed by atoms with Crippen molar-refractivity contribution in [1.29, 1.82) is 0 Å². The van der Waals surface area contributed by atoms with Crippen molar-refractivity contribution in [3.8, 4) is 0 Å². The summed E-state index contributed by atoms with van der Waals surface area (Å²) < 4.78 is 0. The molecule has 2 heterocycles. The Kier molecular flexibility index (Phi) is 5.59. The number of aryl methyl sites for hydroxylation is 1. The molecule has 1 N–H and O–H groups in total. The molecule has 0 spiro atoms. The summed E-state index contributed by atoms with van der Waals surface area (Å²) >= 11 is 5.98. The molecule has 0 saturated carbocycles. The highest BCUT2D eigenvalue weighted by Crippen LogP contribution is 2.31. The normalized spacial score (nSPS) is 13.3. The highest BCUT2D eigenvalue weighted by atomic mass is 35.5. The van der Waals surface area contributed by atoms with Crippen LogP contribution < -0.4 is 10.2 Å². The van der Waals surface area contributed by atoms with E-state index in [4.69, 9.17) is 11.6 Å². The summed E-state index contributed by atoms with van der Waals surface area (Å²) in [6.45, 7) is 1.82. The van der Waals surface area contributed by atoms with E-state index in [-0.39, 0.29) is 24.8 Å². The zero-order valence-corrected chi connectivity index (χ0v) is 17.1. The second-order valence-electron chi connectivity index (χ2n) is 6.98. The first-order chi connectivity index (χ1) is 14.5. The van der Waals surface area contributed by atoms with E-state index in [0.717, 1.165) is 11.1 Å². The Bertz CT molecular complexity index is 1120. The summed E-state index contributed by atoms with van der Waals surface area (Å²) in [4.78, 5) is 36.1. The van der Waals surface area contributed by atoms with Crippen molar-refractivity contribution in [2.45, 2.75) is 13.3 Å². The second-order valence-corrected chi connectivity index (χ2v) is 7.42. The molecule has 2 aromatic carbocycles. The van der Waals surface area contributed by atoms with Crippen molar-refractivity contribution in [3.63, 3.8) is 0 Å². The van der Waals surface area contributed by atoms with Crippen molar-refractivity contribution < 1.29 is 9.59 Å². The van der Waals surface area contributed by atoms with Crippen LogP contribution in [0.2, 0.25) is 5.02 Å². The van der Waals surface area contributed by atoms with Gasteiger partial charge in [-0.1, -0.05) is 41.4 Å². The van der Waals surface area contributed by atoms with E-state index in [1.807, 2.05) is 43.3 Å². The van der Waals surface area contributed by atoms with E-state index in [0.29, 0.717) is 27.9 Å². The number of amides is 2. The number of carbonyl (C=O) groups excluding carboxylic acids is 2. The number of aliphatic imine (C=N–C) groups is 1. The fourth-order valence-electron chi connectivity index (χ4n) is 3.18. The second kappa shape index (κ2) is 8.47. The van der Waals surface area contributed by atoms with Crippen LogP contribution in [0.3, 0.4) is 0 Å². The zero-order chi connectivity index (χ0) is 21.1. The third-order valence-electron chi connectivity index (χ3n) is 4.71. The molecule has 1 aliphatic rings. The number of aromatic nitrogens is 1. The smallest absolute Gasteiger partial charge is 0.244 e. The van der Waals surface area contributed by atoms with Gasteiger partial charge in [-0.15, -0.1) is 0 Å². The molecule has 1 aromatic heterocycles. The van der Waals surface area contributed by atoms with Gasteiger partial charge in [-0.2, -0.15) is 0 Å². The minimum Gasteiger partial charge on any atom is -0.325 e. The third kappa shape index (κ3) is 4.39. The van der Waals surface area contributed by atoms with Gasteiger partial charge in [-0.25, -0.2) is 9.98 Å². The van der Waals surface area contributed by atoms with Crippen LogP contribution in [-0.2, 0) is 9.59 Å². The molecule has 0 atom stereocenters. The van der Waals surface area contributed by atoms with Crippen LogP contribution in [0.15, 0.2) is 71.9 Å². The van der Waals surface area contributed by atoms with Crippen molar-refractivity contribution in [3.05, 3.63) is 83.0 Å². The van der Waals surface area contributed by atoms with Gasteiger partial charge in [0.05, 0.1) is 12.1 Å². The van der Waals surface area contributed by atoms with E-state index in [1.54, 1.807) is 30.5 Å². The lowest BCUT2D eigenvalue weighted by atomic mass is 10.1. The zero-order valence-electron chi connectivity index (χ0n) is 16.3. The molecular weight excluding hydrogens is 400 g/mol. The van der Waals surface area contributed by atoms with E-state index >= 15 is 0 Å². The molecule has 0 radical (unpaired) electrons. The fraction of sp³-hybridized carbons (Fsp3) is 0.130. The monoisotopic (exact) mass is 418 g/mol. The van der Waals surface area contributed by atoms with Crippen LogP contribution in [0, 0.1) is 6.92 Å². The summed E-state index contributed by atoms with van der Waals surface area (Å²) in [5.74, 6) is -0.190. The van der Waals surface area contributed by atoms with Gasteiger partial charge in [-0.3, -0.25) is 14.5 Å². The highest BCUT2D eigenvalue weighted by Gasteiger charge is 2.27. The Morgan fingerprint density at radius 1 is 1.10 bits per heavy atom. The molecule has 4 rings (SSSR count). The van der Waals surface area contributed by atoms with Gasteiger partial charge in [0.2, 0.25) is 11.8 Å². The number of anilines is 2. The Hall–Kier alpha value is -3.51. The number of pyridine rings is 1. The summed E-state index contributed by atoms with van der Waals surface area (Å²) in [7, 11) is 0. The van der Waals surface area contributed by atoms with Gasteiger partial charge in [0.15, 0.2) is 5.82 Å². The summed E-state index contributed by atoms with van der Waals surface area (Å²) in [6.07, 6.45) is 1.63. The molecule has 0 aliphatic carbocycles. The van der Waals surface area contributed by atoms with Gasteiger partial charge in [0, 0.05) is 16.9 Å². The average molecular weight is 419 g/mol. The molecule has 30 heavy (non-hydrogen) atoms. The number of hydrogen-bond acceptors (Lipinski definition) is 4. The van der Waals surface area contributed by atoms with Crippen LogP contribution in [0.1, 0.15) is 17.5 Å². The van der Waals surface area contributed by atoms with Gasteiger partial charge >= 0.3 is 0 Å². The van der Waals surface area contributed by atoms with Crippen LogP contribution in [-0.4, -0.2) is 29.1 Å². The van der Waals surface area contributed by atoms with Crippen molar-refractivity contribution in [1.82, 2.24) is 4.98 Å². The first-order valence-corrected chi connectivity index (χ1v) is 9.83. The molecule has 150 valence electrons. The van der Waals surface area contributed by atoms with Gasteiger partial charge in [0.1, 0.15) is 12.2 Å². The van der Waals surface area contributed by atoms with Crippen LogP contribution >= 0.6 is 11.6 Å². The first-order valence-electron chi connectivity index (χ1n) is 9.45. The van der Waals surface area contributed by atoms with E-state index in [9.17, 15) is 9.59 Å². The number of hydrogen-bond donors (Lipinski definition) is 1. The van der Waals surface area contributed by atoms with Crippen LogP contribution in [0.5, 0.6) is 0 Å². The summed E-state index contributed by atoms with van der Waals surface area (Å²) in [5, 5.41) is 3.43. The number of fused-ring (bicyclic) bond motifs is 1. The van der Waals surface area contributed by atoms with Crippen molar-refractivity contribution >= 4 is 46.3 Å². The Morgan fingerprint density at radius 2 is 1.83 bits per heavy atom. The molecule has 2 amide bonds. The lowest BCUT2D eigenvalue weighted by Gasteiger charge is -2.20. The highest BCUT2D eigenvalue weighted by molar-refractivity contribution is 6.30. The fourth-order valence-corrected chi connectivity index (χ4v) is 3.30. The largest absolute Gasteiger partial charge is 0.325 e. The van der Waals surface area contributed by atoms with E-state index in [1.165, 1.54) is 4.90 Å². The van der Waals surface area contributed by atoms with Crippen LogP contribution in [0.4, 0.5) is 17.2 Å². The molecule has 0 fully saturated rings. The lowest BCUT2D eigenvalue weighted by Crippen LogP contribution is -2.38. The standard InChI is InChI=1S/C23H19ClN4O2/c1-15-4-10-18(11-5-15)26-21(29)14-28-22(30)13-20(16-6-8-17(24)9-7-16)27-19-3-2-12-25-23(19)28/h2-12H,13-14H2,1H3,(H,26,29). The molecule has 0 saturated heterocycles. The first kappa shape index (κ1) is 19.8. The molecule has 1 aliphatic heterocycles. The number of halogens is 1. The summed E-state index contributed by atoms with van der Waals surface area (Å²) in [6, 6.07) is 18.2. The Labute approximate surface area is 179 Å². The number of carbonyl (C=O) groups is 2. The van der Waals surface area contributed by atoms with Crippen LogP contribution in [0.25, 0.3) is 0 Å². The minimum atomic E-state index is -0.307. The minimum absolute atomic E-state index is 0.0514. The molecule has 7 heteroatoms. The average Bonchev–Trinajstić information content (AvgIpc) is 2.87. The van der Waals surface area contributed by atoms with Gasteiger partial charge in [0.25, 0.3) is 0 Å². The van der Waals surface area contributed by atoms with Gasteiger partial charge in [-0.05, 0) is 48.9 Å². The van der Waals surface area contributed by atoms with E-state index < -0.39 is 0 Å². The number of rotatable bonds is 4. The van der Waals surface area contributed by atoms with E-state index in [2.05, 4.69) is 15.3 Å². The Balaban J connectivity index is 1.60. The molecule has 0 unspecified atom stereocenters. The summed E-state index contributed by atoms with van der Waals surface area (Å²) in [5.41, 5.74) is 3.71. The maximum atomic E-state index is 13.1. The number of nitrogens with zero attached hydrogens (tertiary/aromatic N) is 3. The van der Waals surface area contributed by atoms with Gasteiger partial charge < -0.3 is 5.32 Å².